The number of aliphatic hydroxyl groups is 1. The lowest BCUT2D eigenvalue weighted by molar-refractivity contribution is 0.0767. The molecule has 0 aliphatic rings. The van der Waals surface area contributed by atoms with Crippen molar-refractivity contribution in [1.82, 2.24) is 9.88 Å². The van der Waals surface area contributed by atoms with Crippen LogP contribution in [0.1, 0.15) is 38.2 Å². The fraction of sp³-hybridized carbons (Fsp3) is 0.600. The minimum absolute atomic E-state index is 0.0542. The Hall–Kier alpha value is -1.62. The van der Waals surface area contributed by atoms with E-state index in [2.05, 4.69) is 10.3 Å². The summed E-state index contributed by atoms with van der Waals surface area (Å²) in [7, 11) is 0. The van der Waals surface area contributed by atoms with E-state index < -0.39 is 0 Å². The molecule has 5 nitrogen and oxygen atoms in total. The largest absolute Gasteiger partial charge is 0.396 e. The van der Waals surface area contributed by atoms with E-state index >= 15 is 0 Å². The number of amides is 1. The molecule has 1 heterocycles. The van der Waals surface area contributed by atoms with E-state index in [1.807, 2.05) is 33.8 Å². The molecule has 1 rings (SSSR count). The molecule has 1 amide bonds. The quantitative estimate of drug-likeness (QED) is 0.801. The topological polar surface area (TPSA) is 65.5 Å². The van der Waals surface area contributed by atoms with Crippen LogP contribution in [0.5, 0.6) is 0 Å². The van der Waals surface area contributed by atoms with Crippen molar-refractivity contribution in [3.05, 3.63) is 24.0 Å². The molecule has 0 saturated heterocycles. The van der Waals surface area contributed by atoms with Gasteiger partial charge in [-0.1, -0.05) is 6.92 Å². The Morgan fingerprint density at radius 3 is 2.60 bits per heavy atom. The Labute approximate surface area is 121 Å². The summed E-state index contributed by atoms with van der Waals surface area (Å²) in [5.41, 5.74) is 1.30. The van der Waals surface area contributed by atoms with Gasteiger partial charge in [-0.25, -0.2) is 0 Å². The van der Waals surface area contributed by atoms with Gasteiger partial charge in [-0.05, 0) is 38.8 Å². The van der Waals surface area contributed by atoms with Gasteiger partial charge in [0.25, 0.3) is 5.91 Å². The number of aliphatic hydroxyl groups excluding tert-OH is 1. The van der Waals surface area contributed by atoms with E-state index in [1.54, 1.807) is 17.2 Å². The van der Waals surface area contributed by atoms with Crippen LogP contribution in [0, 0.1) is 5.92 Å². The average Bonchev–Trinajstić information content (AvgIpc) is 2.47. The maximum absolute atomic E-state index is 12.2. The molecule has 0 aliphatic heterocycles. The molecule has 0 saturated carbocycles. The smallest absolute Gasteiger partial charge is 0.272 e. The number of nitrogens with zero attached hydrogens (tertiary/aromatic N) is 2. The highest BCUT2D eigenvalue weighted by Crippen LogP contribution is 2.14. The number of aromatic nitrogens is 1. The molecule has 0 aromatic carbocycles. The van der Waals surface area contributed by atoms with Crippen molar-refractivity contribution < 1.29 is 9.90 Å². The number of pyridine rings is 1. The van der Waals surface area contributed by atoms with Crippen molar-refractivity contribution in [2.24, 2.45) is 5.92 Å². The molecule has 2 unspecified atom stereocenters. The molecule has 1 aromatic rings. The molecule has 0 bridgehead atoms. The normalized spacial score (nSPS) is 13.7. The highest BCUT2D eigenvalue weighted by molar-refractivity contribution is 5.93. The zero-order valence-corrected chi connectivity index (χ0v) is 12.8. The van der Waals surface area contributed by atoms with Gasteiger partial charge >= 0.3 is 0 Å². The number of carbonyl (C=O) groups is 1. The predicted octanol–water partition coefficient (Wildman–Crippen LogP) is 1.99. The number of nitrogens with one attached hydrogen (secondary N) is 1. The minimum atomic E-state index is -0.0542. The highest BCUT2D eigenvalue weighted by atomic mass is 16.3. The van der Waals surface area contributed by atoms with Crippen molar-refractivity contribution in [3.8, 4) is 0 Å². The first-order valence-electron chi connectivity index (χ1n) is 7.16. The van der Waals surface area contributed by atoms with Crippen LogP contribution in [-0.4, -0.2) is 46.6 Å². The van der Waals surface area contributed by atoms with Crippen LogP contribution in [0.25, 0.3) is 0 Å². The van der Waals surface area contributed by atoms with E-state index in [4.69, 9.17) is 5.11 Å². The Balaban J connectivity index is 2.83. The first-order valence-corrected chi connectivity index (χ1v) is 7.16. The van der Waals surface area contributed by atoms with Gasteiger partial charge in [0.15, 0.2) is 0 Å². The molecule has 112 valence electrons. The number of rotatable bonds is 7. The fourth-order valence-corrected chi connectivity index (χ4v) is 1.87. The molecule has 1 aromatic heterocycles. The Kier molecular flexibility index (Phi) is 6.45. The van der Waals surface area contributed by atoms with Gasteiger partial charge in [-0.15, -0.1) is 0 Å². The van der Waals surface area contributed by atoms with Gasteiger partial charge in [0.1, 0.15) is 5.69 Å². The summed E-state index contributed by atoms with van der Waals surface area (Å²) < 4.78 is 0. The van der Waals surface area contributed by atoms with Crippen molar-refractivity contribution in [1.29, 1.82) is 0 Å². The van der Waals surface area contributed by atoms with Crippen molar-refractivity contribution in [2.45, 2.75) is 33.7 Å². The lowest BCUT2D eigenvalue weighted by Gasteiger charge is -2.21. The van der Waals surface area contributed by atoms with E-state index in [0.29, 0.717) is 18.8 Å². The lowest BCUT2D eigenvalue weighted by Crippen LogP contribution is -2.31. The molecule has 20 heavy (non-hydrogen) atoms. The predicted molar refractivity (Wildman–Crippen MR) is 80.8 cm³/mol. The van der Waals surface area contributed by atoms with Crippen LogP contribution in [0.3, 0.4) is 0 Å². The van der Waals surface area contributed by atoms with Gasteiger partial charge in [0, 0.05) is 37.6 Å². The van der Waals surface area contributed by atoms with E-state index in [0.717, 1.165) is 5.69 Å². The molecule has 2 atom stereocenters. The summed E-state index contributed by atoms with van der Waals surface area (Å²) in [6.45, 7) is 9.36. The van der Waals surface area contributed by atoms with Gasteiger partial charge in [0.05, 0.1) is 0 Å². The van der Waals surface area contributed by atoms with Crippen LogP contribution >= 0.6 is 0 Å². The third kappa shape index (κ3) is 4.20. The number of carbonyl (C=O) groups excluding carboxylic acids is 1. The molecule has 0 radical (unpaired) electrons. The van der Waals surface area contributed by atoms with Crippen LogP contribution in [-0.2, 0) is 0 Å². The number of anilines is 1. The van der Waals surface area contributed by atoms with Crippen LogP contribution < -0.4 is 5.32 Å². The summed E-state index contributed by atoms with van der Waals surface area (Å²) in [4.78, 5) is 18.1. The van der Waals surface area contributed by atoms with Crippen LogP contribution in [0.2, 0.25) is 0 Å². The fourth-order valence-electron chi connectivity index (χ4n) is 1.87. The number of hydrogen-bond donors (Lipinski definition) is 2. The van der Waals surface area contributed by atoms with Crippen molar-refractivity contribution in [2.75, 3.05) is 25.0 Å². The molecule has 5 heteroatoms. The van der Waals surface area contributed by atoms with Gasteiger partial charge in [-0.2, -0.15) is 0 Å². The van der Waals surface area contributed by atoms with E-state index in [-0.39, 0.29) is 24.5 Å². The van der Waals surface area contributed by atoms with Crippen molar-refractivity contribution in [3.63, 3.8) is 0 Å². The van der Waals surface area contributed by atoms with E-state index in [9.17, 15) is 4.79 Å². The standard InChI is InChI=1S/C15H25N3O2/c1-5-18(6-2)15(20)14-9-13(7-8-16-14)17-12(4)11(3)10-19/h7-9,11-12,19H,5-6,10H2,1-4H3,(H,16,17). The third-order valence-electron chi connectivity index (χ3n) is 3.57. The third-order valence-corrected chi connectivity index (χ3v) is 3.57. The summed E-state index contributed by atoms with van der Waals surface area (Å²) in [6, 6.07) is 3.72. The highest BCUT2D eigenvalue weighted by Gasteiger charge is 2.15. The minimum Gasteiger partial charge on any atom is -0.396 e. The average molecular weight is 279 g/mol. The van der Waals surface area contributed by atoms with Gasteiger partial charge in [0.2, 0.25) is 0 Å². The molecule has 0 aliphatic carbocycles. The molecule has 0 fully saturated rings. The second-order valence-corrected chi connectivity index (χ2v) is 5.00. The van der Waals surface area contributed by atoms with Gasteiger partial charge < -0.3 is 15.3 Å². The Morgan fingerprint density at radius 1 is 1.40 bits per heavy atom. The van der Waals surface area contributed by atoms with Gasteiger partial charge in [-0.3, -0.25) is 9.78 Å². The van der Waals surface area contributed by atoms with Crippen LogP contribution in [0.15, 0.2) is 18.3 Å². The summed E-state index contributed by atoms with van der Waals surface area (Å²) in [5, 5.41) is 12.4. The zero-order chi connectivity index (χ0) is 15.1. The maximum Gasteiger partial charge on any atom is 0.272 e. The Bertz CT molecular complexity index is 433. The van der Waals surface area contributed by atoms with Crippen LogP contribution in [0.4, 0.5) is 5.69 Å². The molecular weight excluding hydrogens is 254 g/mol. The first kappa shape index (κ1) is 16.4. The van der Waals surface area contributed by atoms with E-state index in [1.165, 1.54) is 0 Å². The summed E-state index contributed by atoms with van der Waals surface area (Å²) in [6.07, 6.45) is 1.63. The molecule has 0 spiro atoms. The second-order valence-electron chi connectivity index (χ2n) is 5.00. The maximum atomic E-state index is 12.2. The monoisotopic (exact) mass is 279 g/mol. The Morgan fingerprint density at radius 2 is 2.05 bits per heavy atom. The van der Waals surface area contributed by atoms with Crippen molar-refractivity contribution >= 4 is 11.6 Å². The summed E-state index contributed by atoms with van der Waals surface area (Å²) in [5.74, 6) is 0.0895. The molecular formula is C15H25N3O2. The number of hydrogen-bond acceptors (Lipinski definition) is 4. The SMILES string of the molecule is CCN(CC)C(=O)c1cc(NC(C)C(C)CO)ccn1. The lowest BCUT2D eigenvalue weighted by atomic mass is 10.0. The second kappa shape index (κ2) is 7.85. The summed E-state index contributed by atoms with van der Waals surface area (Å²) >= 11 is 0. The molecule has 2 N–H and O–H groups in total. The first-order chi connectivity index (χ1) is 9.53. The zero-order valence-electron chi connectivity index (χ0n) is 12.8.